The summed E-state index contributed by atoms with van der Waals surface area (Å²) in [6.07, 6.45) is 2.32. The van der Waals surface area contributed by atoms with Crippen molar-refractivity contribution in [2.24, 2.45) is 0 Å². The maximum absolute atomic E-state index is 6.00. The third-order valence-corrected chi connectivity index (χ3v) is 2.72. The van der Waals surface area contributed by atoms with E-state index in [1.54, 1.807) is 18.3 Å². The molecule has 0 fully saturated rings. The number of halogens is 1. The molecule has 0 spiro atoms. The second-order valence-corrected chi connectivity index (χ2v) is 4.15. The lowest BCUT2D eigenvalue weighted by Crippen LogP contribution is -2.23. The summed E-state index contributed by atoms with van der Waals surface area (Å²) in [5, 5.41) is 7.49. The lowest BCUT2D eigenvalue weighted by molar-refractivity contribution is 0.365. The Morgan fingerprint density at radius 2 is 2.35 bits per heavy atom. The summed E-state index contributed by atoms with van der Waals surface area (Å²) in [5.74, 6) is 0.998. The van der Waals surface area contributed by atoms with Crippen molar-refractivity contribution in [1.82, 2.24) is 20.4 Å². The quantitative estimate of drug-likeness (QED) is 0.901. The minimum Gasteiger partial charge on any atom is -0.339 e. The standard InChI is InChI=1S/C11H13ClN4O/c1-7(13-2)6-9-15-11(16-17-9)10-8(12)4-3-5-14-10/h3-5,7,13H,6H2,1-2H3. The van der Waals surface area contributed by atoms with Crippen molar-refractivity contribution in [1.29, 1.82) is 0 Å². The zero-order valence-electron chi connectivity index (χ0n) is 9.64. The van der Waals surface area contributed by atoms with Crippen molar-refractivity contribution in [3.63, 3.8) is 0 Å². The first-order valence-electron chi connectivity index (χ1n) is 5.31. The van der Waals surface area contributed by atoms with E-state index in [1.165, 1.54) is 0 Å². The number of hydrogen-bond donors (Lipinski definition) is 1. The number of nitrogens with zero attached hydrogens (tertiary/aromatic N) is 3. The molecule has 0 aliphatic carbocycles. The number of aromatic nitrogens is 3. The highest BCUT2D eigenvalue weighted by molar-refractivity contribution is 6.32. The number of nitrogens with one attached hydrogen (secondary N) is 1. The molecular formula is C11H13ClN4O. The first-order chi connectivity index (χ1) is 8.20. The van der Waals surface area contributed by atoms with Crippen LogP contribution in [-0.2, 0) is 6.42 Å². The van der Waals surface area contributed by atoms with Gasteiger partial charge in [-0.1, -0.05) is 16.8 Å². The molecule has 2 aromatic heterocycles. The van der Waals surface area contributed by atoms with Gasteiger partial charge in [-0.25, -0.2) is 0 Å². The summed E-state index contributed by atoms with van der Waals surface area (Å²) in [6, 6.07) is 3.79. The minimum absolute atomic E-state index is 0.280. The lowest BCUT2D eigenvalue weighted by atomic mass is 10.2. The molecule has 0 bridgehead atoms. The van der Waals surface area contributed by atoms with Crippen LogP contribution in [0.15, 0.2) is 22.9 Å². The fraction of sp³-hybridized carbons (Fsp3) is 0.364. The number of pyridine rings is 1. The molecule has 2 heterocycles. The van der Waals surface area contributed by atoms with Crippen LogP contribution in [0.4, 0.5) is 0 Å². The van der Waals surface area contributed by atoms with Gasteiger partial charge in [0.15, 0.2) is 0 Å². The Hall–Kier alpha value is -1.46. The monoisotopic (exact) mass is 252 g/mol. The Morgan fingerprint density at radius 1 is 1.53 bits per heavy atom. The van der Waals surface area contributed by atoms with Gasteiger partial charge < -0.3 is 9.84 Å². The van der Waals surface area contributed by atoms with E-state index in [0.29, 0.717) is 28.9 Å². The predicted molar refractivity (Wildman–Crippen MR) is 64.8 cm³/mol. The summed E-state index contributed by atoms with van der Waals surface area (Å²) in [6.45, 7) is 2.04. The molecule has 1 unspecified atom stereocenters. The molecule has 0 aliphatic rings. The van der Waals surface area contributed by atoms with Crippen molar-refractivity contribution in [3.8, 4) is 11.5 Å². The van der Waals surface area contributed by atoms with Gasteiger partial charge in [-0.15, -0.1) is 0 Å². The van der Waals surface area contributed by atoms with Gasteiger partial charge in [-0.2, -0.15) is 4.98 Å². The van der Waals surface area contributed by atoms with Crippen LogP contribution < -0.4 is 5.32 Å². The summed E-state index contributed by atoms with van der Waals surface area (Å²) in [7, 11) is 1.89. The fourth-order valence-corrected chi connectivity index (χ4v) is 1.55. The van der Waals surface area contributed by atoms with Crippen LogP contribution in [0.1, 0.15) is 12.8 Å². The first kappa shape index (κ1) is 12.0. The summed E-state index contributed by atoms with van der Waals surface area (Å²) >= 11 is 6.00. The van der Waals surface area contributed by atoms with Crippen LogP contribution in [0, 0.1) is 0 Å². The van der Waals surface area contributed by atoms with E-state index in [2.05, 4.69) is 20.4 Å². The molecule has 2 aromatic rings. The molecule has 17 heavy (non-hydrogen) atoms. The average Bonchev–Trinajstić information content (AvgIpc) is 2.78. The van der Waals surface area contributed by atoms with Crippen molar-refractivity contribution in [2.45, 2.75) is 19.4 Å². The largest absolute Gasteiger partial charge is 0.339 e. The highest BCUT2D eigenvalue weighted by Gasteiger charge is 2.14. The van der Waals surface area contributed by atoms with Gasteiger partial charge in [0.1, 0.15) is 5.69 Å². The summed E-state index contributed by atoms with van der Waals surface area (Å²) in [4.78, 5) is 8.39. The zero-order valence-corrected chi connectivity index (χ0v) is 10.4. The highest BCUT2D eigenvalue weighted by atomic mass is 35.5. The van der Waals surface area contributed by atoms with Crippen molar-refractivity contribution in [2.75, 3.05) is 7.05 Å². The summed E-state index contributed by atoms with van der Waals surface area (Å²) < 4.78 is 5.15. The Balaban J connectivity index is 2.21. The third-order valence-electron chi connectivity index (χ3n) is 2.41. The van der Waals surface area contributed by atoms with E-state index < -0.39 is 0 Å². The molecule has 0 amide bonds. The zero-order chi connectivity index (χ0) is 12.3. The van der Waals surface area contributed by atoms with E-state index in [9.17, 15) is 0 Å². The second-order valence-electron chi connectivity index (χ2n) is 3.74. The van der Waals surface area contributed by atoms with E-state index in [4.69, 9.17) is 16.1 Å². The smallest absolute Gasteiger partial charge is 0.228 e. The summed E-state index contributed by atoms with van der Waals surface area (Å²) in [5.41, 5.74) is 0.543. The van der Waals surface area contributed by atoms with Gasteiger partial charge in [0.25, 0.3) is 0 Å². The second kappa shape index (κ2) is 5.25. The fourth-order valence-electron chi connectivity index (χ4n) is 1.35. The van der Waals surface area contributed by atoms with E-state index in [-0.39, 0.29) is 6.04 Å². The Morgan fingerprint density at radius 3 is 3.06 bits per heavy atom. The lowest BCUT2D eigenvalue weighted by Gasteiger charge is -2.04. The number of hydrogen-bond acceptors (Lipinski definition) is 5. The molecular weight excluding hydrogens is 240 g/mol. The molecule has 0 saturated heterocycles. The molecule has 6 heteroatoms. The van der Waals surface area contributed by atoms with E-state index in [0.717, 1.165) is 0 Å². The van der Waals surface area contributed by atoms with Crippen LogP contribution in [-0.4, -0.2) is 28.2 Å². The molecule has 0 aliphatic heterocycles. The average molecular weight is 253 g/mol. The van der Waals surface area contributed by atoms with Crippen LogP contribution in [0.2, 0.25) is 5.02 Å². The molecule has 0 radical (unpaired) electrons. The van der Waals surface area contributed by atoms with Crippen LogP contribution >= 0.6 is 11.6 Å². The first-order valence-corrected chi connectivity index (χ1v) is 5.69. The Bertz CT molecular complexity index is 500. The van der Waals surface area contributed by atoms with Crippen molar-refractivity contribution >= 4 is 11.6 Å². The molecule has 1 atom stereocenters. The Kier molecular flexibility index (Phi) is 3.71. The van der Waals surface area contributed by atoms with Crippen LogP contribution in [0.25, 0.3) is 11.5 Å². The van der Waals surface area contributed by atoms with Gasteiger partial charge in [0, 0.05) is 18.7 Å². The maximum Gasteiger partial charge on any atom is 0.228 e. The topological polar surface area (TPSA) is 63.8 Å². The third kappa shape index (κ3) is 2.81. The van der Waals surface area contributed by atoms with E-state index >= 15 is 0 Å². The predicted octanol–water partition coefficient (Wildman–Crippen LogP) is 1.94. The van der Waals surface area contributed by atoms with Gasteiger partial charge in [-0.3, -0.25) is 4.98 Å². The van der Waals surface area contributed by atoms with Crippen LogP contribution in [0.3, 0.4) is 0 Å². The number of likely N-dealkylation sites (N-methyl/N-ethyl adjacent to an activating group) is 1. The van der Waals surface area contributed by atoms with Gasteiger partial charge in [0.2, 0.25) is 11.7 Å². The molecule has 0 aromatic carbocycles. The molecule has 2 rings (SSSR count). The molecule has 90 valence electrons. The van der Waals surface area contributed by atoms with Gasteiger partial charge in [0.05, 0.1) is 5.02 Å². The number of rotatable bonds is 4. The van der Waals surface area contributed by atoms with Gasteiger partial charge in [-0.05, 0) is 26.1 Å². The van der Waals surface area contributed by atoms with Crippen molar-refractivity contribution < 1.29 is 4.52 Å². The van der Waals surface area contributed by atoms with E-state index in [1.807, 2.05) is 14.0 Å². The molecule has 5 nitrogen and oxygen atoms in total. The maximum atomic E-state index is 6.00. The van der Waals surface area contributed by atoms with Gasteiger partial charge >= 0.3 is 0 Å². The minimum atomic E-state index is 0.280. The SMILES string of the molecule is CNC(C)Cc1nc(-c2ncccc2Cl)no1. The normalized spacial score (nSPS) is 12.6. The molecule has 0 saturated carbocycles. The van der Waals surface area contributed by atoms with Crippen molar-refractivity contribution in [3.05, 3.63) is 29.2 Å². The Labute approximate surface area is 104 Å². The highest BCUT2D eigenvalue weighted by Crippen LogP contribution is 2.22. The van der Waals surface area contributed by atoms with Crippen LogP contribution in [0.5, 0.6) is 0 Å². The molecule has 1 N–H and O–H groups in total.